The van der Waals surface area contributed by atoms with Gasteiger partial charge in [0.2, 0.25) is 5.82 Å². The molecule has 0 atom stereocenters. The van der Waals surface area contributed by atoms with Gasteiger partial charge in [-0.05, 0) is 5.56 Å². The topological polar surface area (TPSA) is 32.6 Å². The molecule has 0 aromatic heterocycles. The van der Waals surface area contributed by atoms with Crippen LogP contribution in [0, 0.1) is 29.1 Å². The molecule has 0 bridgehead atoms. The Hall–Kier alpha value is -2.44. The second kappa shape index (κ2) is 5.28. The molecule has 0 saturated heterocycles. The number of halogens is 5. The van der Waals surface area contributed by atoms with E-state index < -0.39 is 34.6 Å². The van der Waals surface area contributed by atoms with Crippen LogP contribution in [0.15, 0.2) is 29.4 Å². The predicted octanol–water partition coefficient (Wildman–Crippen LogP) is 3.86. The van der Waals surface area contributed by atoms with Gasteiger partial charge in [-0.1, -0.05) is 29.4 Å². The molecular formula is C13H6F5NO. The normalized spacial score (nSPS) is 11.2. The van der Waals surface area contributed by atoms with E-state index in [2.05, 4.69) is 5.16 Å². The minimum absolute atomic E-state index is 0.00166. The molecule has 0 saturated carbocycles. The maximum Gasteiger partial charge on any atom is 0.200 e. The number of benzene rings is 2. The third-order valence-corrected chi connectivity index (χ3v) is 2.64. The molecule has 2 aromatic carbocycles. The smallest absolute Gasteiger partial charge is 0.200 e. The van der Waals surface area contributed by atoms with E-state index in [1.165, 1.54) is 18.2 Å². The molecule has 0 aliphatic heterocycles. The van der Waals surface area contributed by atoms with Gasteiger partial charge >= 0.3 is 0 Å². The van der Waals surface area contributed by atoms with E-state index in [0.29, 0.717) is 0 Å². The van der Waals surface area contributed by atoms with Crippen molar-refractivity contribution in [2.75, 3.05) is 0 Å². The van der Waals surface area contributed by atoms with Crippen LogP contribution in [0.5, 0.6) is 0 Å². The van der Waals surface area contributed by atoms with Crippen molar-refractivity contribution in [2.24, 2.45) is 5.16 Å². The highest BCUT2D eigenvalue weighted by atomic mass is 19.2. The van der Waals surface area contributed by atoms with Gasteiger partial charge in [-0.3, -0.25) is 0 Å². The SMILES string of the molecule is O/N=C/c1ccccc1-c1c(F)c(F)c(F)c(F)c1F. The van der Waals surface area contributed by atoms with Crippen LogP contribution in [0.3, 0.4) is 0 Å². The van der Waals surface area contributed by atoms with Gasteiger partial charge in [-0.2, -0.15) is 0 Å². The van der Waals surface area contributed by atoms with Crippen LogP contribution in [-0.2, 0) is 0 Å². The zero-order chi connectivity index (χ0) is 14.9. The Morgan fingerprint density at radius 2 is 1.30 bits per heavy atom. The zero-order valence-electron chi connectivity index (χ0n) is 9.67. The zero-order valence-corrected chi connectivity index (χ0v) is 9.67. The van der Waals surface area contributed by atoms with Crippen molar-refractivity contribution in [2.45, 2.75) is 0 Å². The number of rotatable bonds is 2. The first-order valence-corrected chi connectivity index (χ1v) is 5.27. The minimum atomic E-state index is -2.22. The molecule has 104 valence electrons. The van der Waals surface area contributed by atoms with Crippen molar-refractivity contribution >= 4 is 6.21 Å². The number of hydrogen-bond donors (Lipinski definition) is 1. The van der Waals surface area contributed by atoms with Crippen molar-refractivity contribution in [1.29, 1.82) is 0 Å². The summed E-state index contributed by atoms with van der Waals surface area (Å²) in [6.07, 6.45) is 0.827. The van der Waals surface area contributed by atoms with Crippen LogP contribution >= 0.6 is 0 Å². The average molecular weight is 287 g/mol. The van der Waals surface area contributed by atoms with Gasteiger partial charge in [-0.15, -0.1) is 0 Å². The summed E-state index contributed by atoms with van der Waals surface area (Å²) in [5.41, 5.74) is -1.35. The van der Waals surface area contributed by atoms with E-state index >= 15 is 0 Å². The van der Waals surface area contributed by atoms with E-state index in [4.69, 9.17) is 5.21 Å². The molecule has 0 unspecified atom stereocenters. The molecule has 0 aliphatic carbocycles. The summed E-state index contributed by atoms with van der Waals surface area (Å²) >= 11 is 0. The van der Waals surface area contributed by atoms with Gasteiger partial charge in [0.25, 0.3) is 0 Å². The van der Waals surface area contributed by atoms with Gasteiger partial charge in [-0.25, -0.2) is 22.0 Å². The maximum absolute atomic E-state index is 13.7. The molecule has 7 heteroatoms. The Balaban J connectivity index is 2.84. The van der Waals surface area contributed by atoms with Crippen LogP contribution in [0.25, 0.3) is 11.1 Å². The summed E-state index contributed by atoms with van der Waals surface area (Å²) < 4.78 is 66.7. The average Bonchev–Trinajstić information content (AvgIpc) is 2.45. The first-order chi connectivity index (χ1) is 9.49. The minimum Gasteiger partial charge on any atom is -0.411 e. The lowest BCUT2D eigenvalue weighted by molar-refractivity contribution is 0.322. The molecule has 1 N–H and O–H groups in total. The Kier molecular flexibility index (Phi) is 3.69. The molecule has 0 fully saturated rings. The first kappa shape index (κ1) is 14.0. The summed E-state index contributed by atoms with van der Waals surface area (Å²) in [5, 5.41) is 11.1. The van der Waals surface area contributed by atoms with Gasteiger partial charge < -0.3 is 5.21 Å². The lowest BCUT2D eigenvalue weighted by atomic mass is 9.98. The molecule has 0 amide bonds. The molecule has 2 nitrogen and oxygen atoms in total. The fourth-order valence-electron chi connectivity index (χ4n) is 1.74. The van der Waals surface area contributed by atoms with E-state index in [-0.39, 0.29) is 11.1 Å². The summed E-state index contributed by atoms with van der Waals surface area (Å²) in [4.78, 5) is 0. The van der Waals surface area contributed by atoms with Gasteiger partial charge in [0.15, 0.2) is 23.3 Å². The summed E-state index contributed by atoms with van der Waals surface area (Å²) in [5.74, 6) is -10.2. The Morgan fingerprint density at radius 1 is 0.800 bits per heavy atom. The molecule has 0 spiro atoms. The number of oxime groups is 1. The standard InChI is InChI=1S/C13H6F5NO/c14-9-8(10(15)12(17)13(18)11(9)16)7-4-2-1-3-6(7)5-19-20/h1-5,20H/b19-5+. The van der Waals surface area contributed by atoms with Crippen molar-refractivity contribution in [3.05, 3.63) is 58.9 Å². The Labute approximate surface area is 109 Å². The van der Waals surface area contributed by atoms with Gasteiger partial charge in [0.05, 0.1) is 11.8 Å². The molecule has 2 rings (SSSR count). The van der Waals surface area contributed by atoms with Crippen LogP contribution in [0.2, 0.25) is 0 Å². The summed E-state index contributed by atoms with van der Waals surface area (Å²) in [6.45, 7) is 0. The van der Waals surface area contributed by atoms with Gasteiger partial charge in [0.1, 0.15) is 0 Å². The monoisotopic (exact) mass is 287 g/mol. The number of hydrogen-bond acceptors (Lipinski definition) is 2. The highest BCUT2D eigenvalue weighted by molar-refractivity contribution is 5.90. The first-order valence-electron chi connectivity index (χ1n) is 5.27. The van der Waals surface area contributed by atoms with E-state index in [0.717, 1.165) is 12.3 Å². The third-order valence-electron chi connectivity index (χ3n) is 2.64. The summed E-state index contributed by atoms with van der Waals surface area (Å²) in [6, 6.07) is 5.25. The summed E-state index contributed by atoms with van der Waals surface area (Å²) in [7, 11) is 0. The third kappa shape index (κ3) is 2.11. The van der Waals surface area contributed by atoms with Crippen molar-refractivity contribution in [1.82, 2.24) is 0 Å². The Morgan fingerprint density at radius 3 is 1.85 bits per heavy atom. The lowest BCUT2D eigenvalue weighted by Gasteiger charge is -2.10. The second-order valence-corrected chi connectivity index (χ2v) is 3.78. The largest absolute Gasteiger partial charge is 0.411 e. The lowest BCUT2D eigenvalue weighted by Crippen LogP contribution is -2.05. The quantitative estimate of drug-likeness (QED) is 0.223. The molecule has 20 heavy (non-hydrogen) atoms. The Bertz CT molecular complexity index is 670. The fourth-order valence-corrected chi connectivity index (χ4v) is 1.74. The van der Waals surface area contributed by atoms with Crippen LogP contribution in [0.4, 0.5) is 22.0 Å². The highest BCUT2D eigenvalue weighted by Gasteiger charge is 2.27. The van der Waals surface area contributed by atoms with E-state index in [9.17, 15) is 22.0 Å². The maximum atomic E-state index is 13.7. The van der Waals surface area contributed by atoms with Crippen LogP contribution < -0.4 is 0 Å². The van der Waals surface area contributed by atoms with E-state index in [1.54, 1.807) is 0 Å². The van der Waals surface area contributed by atoms with Crippen molar-refractivity contribution in [3.8, 4) is 11.1 Å². The molecule has 0 radical (unpaired) electrons. The van der Waals surface area contributed by atoms with Gasteiger partial charge in [0, 0.05) is 5.56 Å². The molecular weight excluding hydrogens is 281 g/mol. The highest BCUT2D eigenvalue weighted by Crippen LogP contribution is 2.32. The molecule has 0 heterocycles. The van der Waals surface area contributed by atoms with Crippen molar-refractivity contribution < 1.29 is 27.2 Å². The molecule has 0 aliphatic rings. The van der Waals surface area contributed by atoms with E-state index in [1.807, 2.05) is 0 Å². The predicted molar refractivity (Wildman–Crippen MR) is 61.0 cm³/mol. The van der Waals surface area contributed by atoms with Crippen LogP contribution in [0.1, 0.15) is 5.56 Å². The molecule has 2 aromatic rings. The fraction of sp³-hybridized carbons (Fsp3) is 0. The number of nitrogens with zero attached hydrogens (tertiary/aromatic N) is 1. The van der Waals surface area contributed by atoms with Crippen LogP contribution in [-0.4, -0.2) is 11.4 Å². The second-order valence-electron chi connectivity index (χ2n) is 3.78. The van der Waals surface area contributed by atoms with Crippen molar-refractivity contribution in [3.63, 3.8) is 0 Å².